The van der Waals surface area contributed by atoms with E-state index in [1.54, 1.807) is 0 Å². The van der Waals surface area contributed by atoms with Crippen molar-refractivity contribution in [3.05, 3.63) is 151 Å². The highest BCUT2D eigenvalue weighted by Crippen LogP contribution is 2.39. The van der Waals surface area contributed by atoms with Crippen molar-refractivity contribution in [2.45, 2.75) is 25.1 Å². The molecule has 5 aromatic carbocycles. The summed E-state index contributed by atoms with van der Waals surface area (Å²) >= 11 is 17.0. The lowest BCUT2D eigenvalue weighted by Gasteiger charge is -2.15. The quantitative estimate of drug-likeness (QED) is 0.129. The zero-order valence-electron chi connectivity index (χ0n) is 27.6. The Morgan fingerprint density at radius 2 is 0.875 bits per heavy atom. The molecule has 0 atom stereocenters. The summed E-state index contributed by atoms with van der Waals surface area (Å²) < 4.78 is 127. The van der Waals surface area contributed by atoms with E-state index in [0.29, 0.717) is 18.2 Å². The third-order valence-corrected chi connectivity index (χ3v) is 8.66. The van der Waals surface area contributed by atoms with Gasteiger partial charge in [0.05, 0.1) is 31.8 Å². The summed E-state index contributed by atoms with van der Waals surface area (Å²) in [5.74, 6) is -3.18. The Balaban J connectivity index is 1.45. The first-order valence-electron chi connectivity index (χ1n) is 15.5. The number of hydrogen-bond donors (Lipinski definition) is 3. The second kappa shape index (κ2) is 16.3. The largest absolute Gasteiger partial charge is 0.489 e. The van der Waals surface area contributed by atoms with E-state index in [9.17, 15) is 53.9 Å². The van der Waals surface area contributed by atoms with Crippen LogP contribution in [0.15, 0.2) is 97.1 Å². The molecular weight excluding hydrogens is 828 g/mol. The monoisotopic (exact) mass is 847 g/mol. The van der Waals surface area contributed by atoms with E-state index in [-0.39, 0.29) is 45.1 Å². The molecule has 0 saturated heterocycles. The normalized spacial score (nSPS) is 11.9. The van der Waals surface area contributed by atoms with Crippen LogP contribution in [0.25, 0.3) is 0 Å². The lowest BCUT2D eigenvalue weighted by Crippen LogP contribution is -2.18. The number of ether oxygens (including phenoxy) is 1. The highest BCUT2D eigenvalue weighted by Gasteiger charge is 2.35. The van der Waals surface area contributed by atoms with Gasteiger partial charge in [-0.05, 0) is 78.9 Å². The average Bonchev–Trinajstić information content (AvgIpc) is 3.11. The first kappa shape index (κ1) is 41.7. The molecule has 5 rings (SSSR count). The first-order chi connectivity index (χ1) is 26.1. The van der Waals surface area contributed by atoms with Crippen molar-refractivity contribution in [2.75, 3.05) is 16.0 Å². The van der Waals surface area contributed by atoms with Crippen molar-refractivity contribution < 1.29 is 58.6 Å². The predicted molar refractivity (Wildman–Crippen MR) is 190 cm³/mol. The van der Waals surface area contributed by atoms with Crippen LogP contribution in [0.2, 0.25) is 15.1 Å². The van der Waals surface area contributed by atoms with Gasteiger partial charge in [-0.1, -0.05) is 53.0 Å². The summed E-state index contributed by atoms with van der Waals surface area (Å²) in [4.78, 5) is 39.9. The topological polar surface area (TPSA) is 96.5 Å². The molecule has 0 fully saturated rings. The molecular formula is C37H21Cl3F9N3O4. The molecule has 56 heavy (non-hydrogen) atoms. The standard InChI is InChI=1S/C37H21Cl3F9N3O4/c38-29-8-5-21(14-26(29)35(41,42)43)50-32(53)19-11-20(33(54)51-22-6-9-30(39)27(15-22)36(44,45)46)13-24(12-19)56-17-18-3-1-2-4-25(18)34(55)52-23-7-10-31(40)28(16-23)37(47,48)49/h1-16H,17H2,(H,50,53)(H,51,54)(H,52,55). The van der Waals surface area contributed by atoms with Crippen LogP contribution in [-0.2, 0) is 25.1 Å². The highest BCUT2D eigenvalue weighted by atomic mass is 35.5. The number of carbonyl (C=O) groups is 3. The maximum Gasteiger partial charge on any atom is 0.417 e. The van der Waals surface area contributed by atoms with Gasteiger partial charge in [-0.3, -0.25) is 14.4 Å². The summed E-state index contributed by atoms with van der Waals surface area (Å²) in [6.07, 6.45) is -14.6. The predicted octanol–water partition coefficient (Wildman–Crippen LogP) is 12.0. The Morgan fingerprint density at radius 3 is 1.27 bits per heavy atom. The van der Waals surface area contributed by atoms with Crippen molar-refractivity contribution in [3.63, 3.8) is 0 Å². The highest BCUT2D eigenvalue weighted by molar-refractivity contribution is 6.32. The molecule has 3 N–H and O–H groups in total. The molecule has 7 nitrogen and oxygen atoms in total. The Bertz CT molecular complexity index is 2240. The van der Waals surface area contributed by atoms with E-state index in [1.165, 1.54) is 24.3 Å². The molecule has 0 aliphatic rings. The van der Waals surface area contributed by atoms with Crippen LogP contribution in [0.3, 0.4) is 0 Å². The molecule has 0 spiro atoms. The minimum atomic E-state index is -4.88. The fourth-order valence-corrected chi connectivity index (χ4v) is 5.71. The van der Waals surface area contributed by atoms with E-state index in [2.05, 4.69) is 16.0 Å². The molecule has 0 heterocycles. The summed E-state index contributed by atoms with van der Waals surface area (Å²) in [5.41, 5.74) is -5.23. The number of alkyl halides is 9. The number of carbonyl (C=O) groups excluding carboxylic acids is 3. The van der Waals surface area contributed by atoms with Gasteiger partial charge in [0.1, 0.15) is 12.4 Å². The van der Waals surface area contributed by atoms with Crippen LogP contribution in [-0.4, -0.2) is 17.7 Å². The van der Waals surface area contributed by atoms with Crippen molar-refractivity contribution in [1.82, 2.24) is 0 Å². The van der Waals surface area contributed by atoms with Gasteiger partial charge in [0.15, 0.2) is 0 Å². The van der Waals surface area contributed by atoms with Crippen LogP contribution in [0, 0.1) is 0 Å². The van der Waals surface area contributed by atoms with Gasteiger partial charge in [0, 0.05) is 39.3 Å². The number of nitrogens with one attached hydrogen (secondary N) is 3. The van der Waals surface area contributed by atoms with E-state index < -0.39 is 74.6 Å². The van der Waals surface area contributed by atoms with Crippen molar-refractivity contribution in [1.29, 1.82) is 0 Å². The molecule has 0 bridgehead atoms. The number of halogens is 12. The van der Waals surface area contributed by atoms with Gasteiger partial charge >= 0.3 is 18.5 Å². The molecule has 0 radical (unpaired) electrons. The molecule has 3 amide bonds. The van der Waals surface area contributed by atoms with Crippen molar-refractivity contribution >= 4 is 69.6 Å². The van der Waals surface area contributed by atoms with Crippen LogP contribution in [0.4, 0.5) is 56.6 Å². The molecule has 0 aromatic heterocycles. The van der Waals surface area contributed by atoms with Gasteiger partial charge in [0.25, 0.3) is 17.7 Å². The van der Waals surface area contributed by atoms with Gasteiger partial charge in [-0.15, -0.1) is 0 Å². The third kappa shape index (κ3) is 10.2. The first-order valence-corrected chi connectivity index (χ1v) is 16.6. The van der Waals surface area contributed by atoms with E-state index >= 15 is 0 Å². The third-order valence-electron chi connectivity index (χ3n) is 7.68. The Labute approximate surface area is 325 Å². The van der Waals surface area contributed by atoms with Gasteiger partial charge < -0.3 is 20.7 Å². The maximum absolute atomic E-state index is 13.5. The Hall–Kier alpha value is -5.45. The van der Waals surface area contributed by atoms with E-state index in [1.807, 2.05) is 0 Å². The fourth-order valence-electron chi connectivity index (χ4n) is 5.04. The zero-order valence-corrected chi connectivity index (χ0v) is 29.9. The number of amides is 3. The maximum atomic E-state index is 13.5. The summed E-state index contributed by atoms with van der Waals surface area (Å²) in [6.45, 7) is -0.456. The molecule has 292 valence electrons. The lowest BCUT2D eigenvalue weighted by atomic mass is 10.1. The Morgan fingerprint density at radius 1 is 0.500 bits per heavy atom. The van der Waals surface area contributed by atoms with Gasteiger partial charge in [0.2, 0.25) is 0 Å². The summed E-state index contributed by atoms with van der Waals surface area (Å²) in [6, 6.07) is 16.7. The zero-order chi connectivity index (χ0) is 41.2. The van der Waals surface area contributed by atoms with Crippen molar-refractivity contribution in [3.8, 4) is 5.75 Å². The van der Waals surface area contributed by atoms with Gasteiger partial charge in [-0.2, -0.15) is 39.5 Å². The molecule has 5 aromatic rings. The number of rotatable bonds is 9. The van der Waals surface area contributed by atoms with Gasteiger partial charge in [-0.25, -0.2) is 0 Å². The molecule has 0 unspecified atom stereocenters. The number of benzene rings is 5. The molecule has 0 aliphatic heterocycles. The minimum Gasteiger partial charge on any atom is -0.489 e. The smallest absolute Gasteiger partial charge is 0.417 e. The van der Waals surface area contributed by atoms with Crippen LogP contribution < -0.4 is 20.7 Å². The fraction of sp³-hybridized carbons (Fsp3) is 0.108. The SMILES string of the molecule is O=C(Nc1ccc(Cl)c(C(F)(F)F)c1)c1cc(OCc2ccccc2C(=O)Nc2ccc(Cl)c(C(F)(F)F)c2)cc(C(=O)Nc2ccc(Cl)c(C(F)(F)F)c2)c1. The number of anilines is 3. The van der Waals surface area contributed by atoms with Crippen LogP contribution >= 0.6 is 34.8 Å². The van der Waals surface area contributed by atoms with E-state index in [0.717, 1.165) is 54.6 Å². The van der Waals surface area contributed by atoms with Crippen LogP contribution in [0.5, 0.6) is 5.75 Å². The second-order valence-electron chi connectivity index (χ2n) is 11.6. The molecule has 0 aliphatic carbocycles. The molecule has 19 heteroatoms. The Kier molecular flexibility index (Phi) is 12.2. The van der Waals surface area contributed by atoms with E-state index in [4.69, 9.17) is 39.5 Å². The second-order valence-corrected chi connectivity index (χ2v) is 12.9. The summed E-state index contributed by atoms with van der Waals surface area (Å²) in [5, 5.41) is 4.97. The minimum absolute atomic E-state index is 0.0608. The average molecular weight is 849 g/mol. The van der Waals surface area contributed by atoms with Crippen LogP contribution in [0.1, 0.15) is 53.3 Å². The number of hydrogen-bond acceptors (Lipinski definition) is 4. The summed E-state index contributed by atoms with van der Waals surface area (Å²) in [7, 11) is 0. The van der Waals surface area contributed by atoms with Crippen molar-refractivity contribution in [2.24, 2.45) is 0 Å². The molecule has 0 saturated carbocycles. The lowest BCUT2D eigenvalue weighted by molar-refractivity contribution is -0.138.